The van der Waals surface area contributed by atoms with Crippen molar-refractivity contribution in [3.63, 3.8) is 0 Å². The van der Waals surface area contributed by atoms with E-state index in [1.54, 1.807) is 12.1 Å². The van der Waals surface area contributed by atoms with E-state index in [9.17, 15) is 9.59 Å². The van der Waals surface area contributed by atoms with Crippen LogP contribution in [0.5, 0.6) is 0 Å². The summed E-state index contributed by atoms with van der Waals surface area (Å²) in [5, 5.41) is 11.6. The van der Waals surface area contributed by atoms with Gasteiger partial charge in [0.15, 0.2) is 0 Å². The first-order chi connectivity index (χ1) is 8.62. The fraction of sp³-hybridized carbons (Fsp3) is 0.385. The van der Waals surface area contributed by atoms with Crippen LogP contribution in [-0.4, -0.2) is 23.0 Å². The summed E-state index contributed by atoms with van der Waals surface area (Å²) in [7, 11) is 0. The van der Waals surface area contributed by atoms with Gasteiger partial charge in [-0.15, -0.1) is 0 Å². The molecule has 1 amide bonds. The van der Waals surface area contributed by atoms with Crippen molar-refractivity contribution in [2.24, 2.45) is 11.1 Å². The van der Waals surface area contributed by atoms with E-state index in [-0.39, 0.29) is 16.9 Å². The van der Waals surface area contributed by atoms with Gasteiger partial charge in [0.1, 0.15) is 0 Å². The molecule has 1 aromatic carbocycles. The van der Waals surface area contributed by atoms with E-state index < -0.39 is 12.0 Å². The fourth-order valence-electron chi connectivity index (χ4n) is 1.38. The quantitative estimate of drug-likeness (QED) is 0.794. The number of nitrogens with two attached hydrogens (primary N) is 1. The minimum atomic E-state index is -1.07. The Morgan fingerprint density at radius 3 is 2.42 bits per heavy atom. The molecular weight excluding hydrogens is 312 g/mol. The molecule has 5 nitrogen and oxygen atoms in total. The van der Waals surface area contributed by atoms with Crippen LogP contribution in [0.1, 0.15) is 31.1 Å². The lowest BCUT2D eigenvalue weighted by atomic mass is 9.87. The van der Waals surface area contributed by atoms with Crippen molar-refractivity contribution in [3.05, 3.63) is 28.2 Å². The van der Waals surface area contributed by atoms with Gasteiger partial charge < -0.3 is 16.2 Å². The van der Waals surface area contributed by atoms with Gasteiger partial charge in [-0.25, -0.2) is 4.79 Å². The van der Waals surface area contributed by atoms with Crippen LogP contribution in [0.25, 0.3) is 0 Å². The van der Waals surface area contributed by atoms with Crippen LogP contribution < -0.4 is 11.1 Å². The van der Waals surface area contributed by atoms with Gasteiger partial charge in [-0.1, -0.05) is 20.8 Å². The predicted molar refractivity (Wildman–Crippen MR) is 77.2 cm³/mol. The highest BCUT2D eigenvalue weighted by atomic mass is 79.9. The molecule has 0 aromatic heterocycles. The van der Waals surface area contributed by atoms with E-state index in [1.165, 1.54) is 6.07 Å². The second kappa shape index (κ2) is 5.71. The Labute approximate surface area is 120 Å². The number of carbonyl (C=O) groups excluding carboxylic acids is 1. The summed E-state index contributed by atoms with van der Waals surface area (Å²) in [5.74, 6) is -1.41. The van der Waals surface area contributed by atoms with Crippen molar-refractivity contribution in [2.75, 3.05) is 5.32 Å². The predicted octanol–water partition coefficient (Wildman–Crippen LogP) is 2.46. The molecule has 0 spiro atoms. The molecule has 6 heteroatoms. The molecule has 0 aliphatic carbocycles. The number of carboxylic acid groups (broad SMARTS) is 1. The van der Waals surface area contributed by atoms with E-state index in [2.05, 4.69) is 21.2 Å². The maximum absolute atomic E-state index is 11.9. The summed E-state index contributed by atoms with van der Waals surface area (Å²) >= 11 is 3.14. The molecule has 0 fully saturated rings. The number of carbonyl (C=O) groups is 2. The molecule has 0 saturated carbocycles. The van der Waals surface area contributed by atoms with Crippen molar-refractivity contribution in [1.29, 1.82) is 0 Å². The average molecular weight is 329 g/mol. The van der Waals surface area contributed by atoms with E-state index in [0.717, 1.165) is 0 Å². The van der Waals surface area contributed by atoms with E-state index in [4.69, 9.17) is 10.8 Å². The minimum absolute atomic E-state index is 0.0853. The molecule has 0 bridgehead atoms. The third kappa shape index (κ3) is 4.04. The number of carboxylic acids is 1. The Hall–Kier alpha value is -1.40. The standard InChI is InChI=1S/C13H17BrN2O3/c1-13(2,3)10(15)11(17)16-7-4-5-9(14)8(6-7)12(18)19/h4-6,10H,15H2,1-3H3,(H,16,17)(H,18,19). The largest absolute Gasteiger partial charge is 0.478 e. The van der Waals surface area contributed by atoms with Gasteiger partial charge in [0.2, 0.25) is 5.91 Å². The SMILES string of the molecule is CC(C)(C)C(N)C(=O)Nc1ccc(Br)c(C(=O)O)c1. The molecule has 4 N–H and O–H groups in total. The third-order valence-electron chi connectivity index (χ3n) is 2.68. The maximum atomic E-state index is 11.9. The second-order valence-electron chi connectivity index (χ2n) is 5.33. The van der Waals surface area contributed by atoms with Crippen LogP contribution in [0.2, 0.25) is 0 Å². The van der Waals surface area contributed by atoms with Crippen LogP contribution in [-0.2, 0) is 4.79 Å². The highest BCUT2D eigenvalue weighted by Gasteiger charge is 2.27. The summed E-state index contributed by atoms with van der Waals surface area (Å²) in [6, 6.07) is 3.90. The van der Waals surface area contributed by atoms with Gasteiger partial charge in [0.25, 0.3) is 0 Å². The molecule has 1 aromatic rings. The number of rotatable bonds is 3. The van der Waals surface area contributed by atoms with E-state index in [0.29, 0.717) is 10.2 Å². The number of hydrogen-bond donors (Lipinski definition) is 3. The normalized spacial score (nSPS) is 12.9. The lowest BCUT2D eigenvalue weighted by molar-refractivity contribution is -0.119. The summed E-state index contributed by atoms with van der Waals surface area (Å²) in [4.78, 5) is 22.9. The molecule has 0 saturated heterocycles. The van der Waals surface area contributed by atoms with E-state index >= 15 is 0 Å². The Balaban J connectivity index is 2.92. The van der Waals surface area contributed by atoms with Gasteiger partial charge in [0, 0.05) is 10.2 Å². The first-order valence-corrected chi connectivity index (χ1v) is 6.51. The van der Waals surface area contributed by atoms with Crippen molar-refractivity contribution >= 4 is 33.5 Å². The van der Waals surface area contributed by atoms with Crippen molar-refractivity contribution in [2.45, 2.75) is 26.8 Å². The molecule has 104 valence electrons. The zero-order valence-corrected chi connectivity index (χ0v) is 12.6. The van der Waals surface area contributed by atoms with Crippen molar-refractivity contribution in [3.8, 4) is 0 Å². The van der Waals surface area contributed by atoms with Gasteiger partial charge in [-0.2, -0.15) is 0 Å². The van der Waals surface area contributed by atoms with E-state index in [1.807, 2.05) is 20.8 Å². The van der Waals surface area contributed by atoms with Crippen LogP contribution in [0.15, 0.2) is 22.7 Å². The van der Waals surface area contributed by atoms with Crippen LogP contribution in [0.3, 0.4) is 0 Å². The zero-order chi connectivity index (χ0) is 14.8. The van der Waals surface area contributed by atoms with Crippen LogP contribution in [0.4, 0.5) is 5.69 Å². The Morgan fingerprint density at radius 1 is 1.37 bits per heavy atom. The molecule has 0 aliphatic rings. The number of benzene rings is 1. The second-order valence-corrected chi connectivity index (χ2v) is 6.19. The van der Waals surface area contributed by atoms with Crippen molar-refractivity contribution < 1.29 is 14.7 Å². The Morgan fingerprint density at radius 2 is 1.95 bits per heavy atom. The Kier molecular flexibility index (Phi) is 4.70. The molecular formula is C13H17BrN2O3. The molecule has 1 atom stereocenters. The molecule has 19 heavy (non-hydrogen) atoms. The molecule has 0 heterocycles. The monoisotopic (exact) mass is 328 g/mol. The fourth-order valence-corrected chi connectivity index (χ4v) is 1.80. The van der Waals surface area contributed by atoms with Gasteiger partial charge in [-0.05, 0) is 39.5 Å². The number of anilines is 1. The topological polar surface area (TPSA) is 92.4 Å². The molecule has 0 aliphatic heterocycles. The highest BCUT2D eigenvalue weighted by Crippen LogP contribution is 2.23. The summed E-state index contributed by atoms with van der Waals surface area (Å²) in [6.45, 7) is 5.59. The number of amides is 1. The molecule has 1 rings (SSSR count). The van der Waals surface area contributed by atoms with Crippen molar-refractivity contribution in [1.82, 2.24) is 0 Å². The lowest BCUT2D eigenvalue weighted by Crippen LogP contribution is -2.45. The number of hydrogen-bond acceptors (Lipinski definition) is 3. The number of halogens is 1. The smallest absolute Gasteiger partial charge is 0.336 e. The number of aromatic carboxylic acids is 1. The third-order valence-corrected chi connectivity index (χ3v) is 3.37. The molecule has 0 radical (unpaired) electrons. The summed E-state index contributed by atoms with van der Waals surface area (Å²) in [5.41, 5.74) is 5.96. The summed E-state index contributed by atoms with van der Waals surface area (Å²) < 4.78 is 0.457. The van der Waals surface area contributed by atoms with Gasteiger partial charge in [0.05, 0.1) is 11.6 Å². The first-order valence-electron chi connectivity index (χ1n) is 5.72. The Bertz CT molecular complexity index is 509. The lowest BCUT2D eigenvalue weighted by Gasteiger charge is -2.25. The van der Waals surface area contributed by atoms with Gasteiger partial charge in [-0.3, -0.25) is 4.79 Å². The maximum Gasteiger partial charge on any atom is 0.336 e. The number of nitrogens with one attached hydrogen (secondary N) is 1. The summed E-state index contributed by atoms with van der Waals surface area (Å²) in [6.07, 6.45) is 0. The van der Waals surface area contributed by atoms with Crippen LogP contribution in [0, 0.1) is 5.41 Å². The van der Waals surface area contributed by atoms with Gasteiger partial charge >= 0.3 is 5.97 Å². The molecule has 1 unspecified atom stereocenters. The first kappa shape index (κ1) is 15.7. The minimum Gasteiger partial charge on any atom is -0.478 e. The average Bonchev–Trinajstić information content (AvgIpc) is 2.29. The zero-order valence-electron chi connectivity index (χ0n) is 11.0. The highest BCUT2D eigenvalue weighted by molar-refractivity contribution is 9.10. The van der Waals surface area contributed by atoms with Crippen LogP contribution >= 0.6 is 15.9 Å².